The molecule has 0 radical (unpaired) electrons. The zero-order valence-electron chi connectivity index (χ0n) is 13.7. The van der Waals surface area contributed by atoms with Crippen LogP contribution in [0.3, 0.4) is 0 Å². The molecule has 0 fully saturated rings. The van der Waals surface area contributed by atoms with E-state index in [0.29, 0.717) is 19.7 Å². The first-order valence-corrected chi connectivity index (χ1v) is 8.90. The van der Waals surface area contributed by atoms with Gasteiger partial charge in [-0.15, -0.1) is 0 Å². The van der Waals surface area contributed by atoms with Crippen molar-refractivity contribution in [3.63, 3.8) is 0 Å². The summed E-state index contributed by atoms with van der Waals surface area (Å²) >= 11 is 3.51. The Balaban J connectivity index is 1.61. The molecule has 0 aliphatic heterocycles. The molecule has 2 nitrogen and oxygen atoms in total. The maximum absolute atomic E-state index is 13.0. The monoisotopic (exact) mass is 399 g/mol. The number of rotatable bonds is 7. The fourth-order valence-corrected chi connectivity index (χ4v) is 2.91. The van der Waals surface area contributed by atoms with E-state index in [1.165, 1.54) is 12.1 Å². The van der Waals surface area contributed by atoms with Crippen LogP contribution in [0.2, 0.25) is 0 Å². The van der Waals surface area contributed by atoms with Gasteiger partial charge in [-0.1, -0.05) is 58.4 Å². The van der Waals surface area contributed by atoms with Gasteiger partial charge >= 0.3 is 0 Å². The quantitative estimate of drug-likeness (QED) is 0.569. The van der Waals surface area contributed by atoms with Gasteiger partial charge in [-0.3, -0.25) is 0 Å². The molecule has 0 saturated carbocycles. The van der Waals surface area contributed by atoms with Gasteiger partial charge in [0.15, 0.2) is 0 Å². The Kier molecular flexibility index (Phi) is 6.20. The highest BCUT2D eigenvalue weighted by Gasteiger charge is 2.06. The van der Waals surface area contributed by atoms with Crippen molar-refractivity contribution >= 4 is 15.9 Å². The third-order valence-electron chi connectivity index (χ3n) is 3.82. The van der Waals surface area contributed by atoms with Crippen LogP contribution in [0, 0.1) is 5.82 Å². The molecule has 0 unspecified atom stereocenters. The molecule has 3 rings (SSSR count). The van der Waals surface area contributed by atoms with Gasteiger partial charge in [0.1, 0.15) is 18.2 Å². The Hall–Kier alpha value is -2.17. The molecular formula is C21H19BrFNO. The molecule has 1 N–H and O–H groups in total. The topological polar surface area (TPSA) is 21.3 Å². The second kappa shape index (κ2) is 8.79. The average molecular weight is 400 g/mol. The van der Waals surface area contributed by atoms with Crippen molar-refractivity contribution in [2.45, 2.75) is 19.7 Å². The lowest BCUT2D eigenvalue weighted by molar-refractivity contribution is 0.302. The average Bonchev–Trinajstić information content (AvgIpc) is 2.63. The van der Waals surface area contributed by atoms with E-state index in [2.05, 4.69) is 27.3 Å². The fraction of sp³-hybridized carbons (Fsp3) is 0.143. The molecule has 4 heteroatoms. The zero-order valence-corrected chi connectivity index (χ0v) is 15.3. The lowest BCUT2D eigenvalue weighted by Gasteiger charge is -2.13. The Labute approximate surface area is 155 Å². The van der Waals surface area contributed by atoms with E-state index in [0.717, 1.165) is 26.9 Å². The van der Waals surface area contributed by atoms with Crippen LogP contribution in [0.4, 0.5) is 4.39 Å². The van der Waals surface area contributed by atoms with Crippen LogP contribution < -0.4 is 10.1 Å². The first-order valence-electron chi connectivity index (χ1n) is 8.11. The minimum atomic E-state index is -0.215. The third-order valence-corrected chi connectivity index (χ3v) is 4.31. The Morgan fingerprint density at radius 2 is 1.60 bits per heavy atom. The maximum atomic E-state index is 13.0. The van der Waals surface area contributed by atoms with Crippen molar-refractivity contribution in [3.8, 4) is 5.75 Å². The van der Waals surface area contributed by atoms with Crippen molar-refractivity contribution in [2.24, 2.45) is 0 Å². The molecule has 0 bridgehead atoms. The normalized spacial score (nSPS) is 10.6. The standard InChI is InChI=1S/C21H19BrFNO/c22-19-8-11-21(25-15-17-4-2-1-3-5-17)18(12-19)14-24-13-16-6-9-20(23)10-7-16/h1-12,24H,13-15H2. The van der Waals surface area contributed by atoms with Gasteiger partial charge in [-0.25, -0.2) is 4.39 Å². The molecule has 0 aliphatic rings. The number of nitrogens with one attached hydrogen (secondary N) is 1. The van der Waals surface area contributed by atoms with Crippen LogP contribution in [0.25, 0.3) is 0 Å². The summed E-state index contributed by atoms with van der Waals surface area (Å²) in [6.07, 6.45) is 0. The van der Waals surface area contributed by atoms with Gasteiger partial charge in [-0.05, 0) is 41.5 Å². The van der Waals surface area contributed by atoms with Gasteiger partial charge in [0.2, 0.25) is 0 Å². The first kappa shape index (κ1) is 17.6. The van der Waals surface area contributed by atoms with Gasteiger partial charge in [0.05, 0.1) is 0 Å². The van der Waals surface area contributed by atoms with Crippen molar-refractivity contribution in [1.29, 1.82) is 0 Å². The van der Waals surface area contributed by atoms with E-state index in [4.69, 9.17) is 4.74 Å². The SMILES string of the molecule is Fc1ccc(CNCc2cc(Br)ccc2OCc2ccccc2)cc1. The van der Waals surface area contributed by atoms with Crippen LogP contribution in [0.5, 0.6) is 5.75 Å². The fourth-order valence-electron chi connectivity index (χ4n) is 2.51. The zero-order chi connectivity index (χ0) is 17.5. The van der Waals surface area contributed by atoms with Crippen molar-refractivity contribution in [3.05, 3.63) is 99.8 Å². The van der Waals surface area contributed by atoms with E-state index in [1.807, 2.05) is 42.5 Å². The second-order valence-corrected chi connectivity index (χ2v) is 6.67. The minimum Gasteiger partial charge on any atom is -0.489 e. The predicted octanol–water partition coefficient (Wildman–Crippen LogP) is 5.46. The maximum Gasteiger partial charge on any atom is 0.124 e. The van der Waals surface area contributed by atoms with E-state index in [9.17, 15) is 4.39 Å². The first-order chi connectivity index (χ1) is 12.2. The van der Waals surface area contributed by atoms with E-state index in [-0.39, 0.29) is 5.82 Å². The predicted molar refractivity (Wildman–Crippen MR) is 102 cm³/mol. The number of hydrogen-bond donors (Lipinski definition) is 1. The van der Waals surface area contributed by atoms with Gasteiger partial charge in [-0.2, -0.15) is 0 Å². The van der Waals surface area contributed by atoms with Crippen LogP contribution in [0.15, 0.2) is 77.3 Å². The number of hydrogen-bond acceptors (Lipinski definition) is 2. The number of benzene rings is 3. The van der Waals surface area contributed by atoms with Crippen molar-refractivity contribution in [1.82, 2.24) is 5.32 Å². The number of ether oxygens (including phenoxy) is 1. The molecule has 0 aromatic heterocycles. The Morgan fingerprint density at radius 1 is 0.840 bits per heavy atom. The number of halogens is 2. The minimum absolute atomic E-state index is 0.215. The highest BCUT2D eigenvalue weighted by atomic mass is 79.9. The van der Waals surface area contributed by atoms with E-state index in [1.54, 1.807) is 12.1 Å². The molecule has 0 saturated heterocycles. The van der Waals surface area contributed by atoms with Gasteiger partial charge in [0, 0.05) is 23.1 Å². The largest absolute Gasteiger partial charge is 0.489 e. The molecule has 0 heterocycles. The molecule has 128 valence electrons. The molecule has 0 aliphatic carbocycles. The molecule has 25 heavy (non-hydrogen) atoms. The molecule has 0 amide bonds. The van der Waals surface area contributed by atoms with Crippen LogP contribution in [0.1, 0.15) is 16.7 Å². The van der Waals surface area contributed by atoms with Crippen LogP contribution in [-0.4, -0.2) is 0 Å². The summed E-state index contributed by atoms with van der Waals surface area (Å²) < 4.78 is 20.0. The highest BCUT2D eigenvalue weighted by Crippen LogP contribution is 2.24. The summed E-state index contributed by atoms with van der Waals surface area (Å²) in [6, 6.07) is 22.6. The molecule has 3 aromatic carbocycles. The van der Waals surface area contributed by atoms with Crippen LogP contribution in [-0.2, 0) is 19.7 Å². The Morgan fingerprint density at radius 3 is 2.36 bits per heavy atom. The second-order valence-electron chi connectivity index (χ2n) is 5.76. The van der Waals surface area contributed by atoms with Gasteiger partial charge < -0.3 is 10.1 Å². The van der Waals surface area contributed by atoms with E-state index >= 15 is 0 Å². The molecule has 0 atom stereocenters. The lowest BCUT2D eigenvalue weighted by atomic mass is 10.1. The third kappa shape index (κ3) is 5.41. The summed E-state index contributed by atoms with van der Waals surface area (Å²) in [6.45, 7) is 1.87. The van der Waals surface area contributed by atoms with Crippen molar-refractivity contribution < 1.29 is 9.13 Å². The summed E-state index contributed by atoms with van der Waals surface area (Å²) in [4.78, 5) is 0. The summed E-state index contributed by atoms with van der Waals surface area (Å²) in [5.41, 5.74) is 3.26. The Bertz CT molecular complexity index is 806. The summed E-state index contributed by atoms with van der Waals surface area (Å²) in [5, 5.41) is 3.38. The highest BCUT2D eigenvalue weighted by molar-refractivity contribution is 9.10. The lowest BCUT2D eigenvalue weighted by Crippen LogP contribution is -2.13. The molecular weight excluding hydrogens is 381 g/mol. The van der Waals surface area contributed by atoms with Crippen molar-refractivity contribution in [2.75, 3.05) is 0 Å². The molecule has 3 aromatic rings. The van der Waals surface area contributed by atoms with Crippen LogP contribution >= 0.6 is 15.9 Å². The van der Waals surface area contributed by atoms with Gasteiger partial charge in [0.25, 0.3) is 0 Å². The smallest absolute Gasteiger partial charge is 0.124 e. The summed E-state index contributed by atoms with van der Waals surface area (Å²) in [5.74, 6) is 0.644. The summed E-state index contributed by atoms with van der Waals surface area (Å²) in [7, 11) is 0. The van der Waals surface area contributed by atoms with E-state index < -0.39 is 0 Å². The molecule has 0 spiro atoms.